The molecule has 3 heteroatoms. The van der Waals surface area contributed by atoms with Crippen molar-refractivity contribution in [2.45, 2.75) is 46.0 Å². The Hall–Kier alpha value is -9.11. The fourth-order valence-corrected chi connectivity index (χ4v) is 12.2. The first kappa shape index (κ1) is 54.8. The topological polar surface area (TPSA) is 6.48 Å². The van der Waals surface area contributed by atoms with Gasteiger partial charge in [-0.15, -0.1) is 12.1 Å². The van der Waals surface area contributed by atoms with E-state index in [2.05, 4.69) is 292 Å². The number of fused-ring (bicyclic) bond motifs is 6. The van der Waals surface area contributed by atoms with Gasteiger partial charge in [-0.05, 0) is 151 Å². The molecule has 0 aromatic heterocycles. The molecule has 14 rings (SSSR count). The second-order valence-electron chi connectivity index (χ2n) is 22.0. The zero-order valence-electron chi connectivity index (χ0n) is 45.9. The zero-order valence-corrected chi connectivity index (χ0v) is 48.3. The zero-order chi connectivity index (χ0) is 54.2. The minimum absolute atomic E-state index is 0. The Morgan fingerprint density at radius 2 is 0.573 bits per heavy atom. The summed E-state index contributed by atoms with van der Waals surface area (Å²) in [6.45, 7) is 9.40. The van der Waals surface area contributed by atoms with E-state index in [-0.39, 0.29) is 38.4 Å². The monoisotopic (exact) mass is 1230 g/mol. The number of benzene rings is 12. The molecule has 0 atom stereocenters. The number of rotatable bonds is 10. The predicted molar refractivity (Wildman–Crippen MR) is 344 cm³/mol. The van der Waals surface area contributed by atoms with Crippen LogP contribution < -0.4 is 9.80 Å². The molecule has 12 aromatic carbocycles. The summed E-state index contributed by atoms with van der Waals surface area (Å²) in [5, 5.41) is 0. The second kappa shape index (κ2) is 23.2. The van der Waals surface area contributed by atoms with Crippen LogP contribution in [0.1, 0.15) is 57.4 Å². The van der Waals surface area contributed by atoms with Crippen LogP contribution in [0.2, 0.25) is 0 Å². The van der Waals surface area contributed by atoms with Gasteiger partial charge in [0.05, 0.1) is 0 Å². The Balaban J connectivity index is 0.000000447. The van der Waals surface area contributed by atoms with Crippen LogP contribution in [-0.2, 0) is 30.9 Å². The summed E-state index contributed by atoms with van der Waals surface area (Å²) in [4.78, 5) is 4.78. The van der Waals surface area contributed by atoms with Gasteiger partial charge in [-0.25, -0.2) is 11.1 Å². The van der Waals surface area contributed by atoms with E-state index in [1.807, 2.05) is 48.5 Å². The van der Waals surface area contributed by atoms with Crippen LogP contribution in [0.4, 0.5) is 34.1 Å². The standard InChI is InChI=1S/C66H52N2.C12H8.CH4.Ir/c1-65(2)61-27-13-11-25-57(61)59-39-37-55(43-63(59)65)67(51-19-7-5-8-20-51)53-23-15-17-49(41-53)47-33-29-45(30-34-47)46-31-35-48(36-32-46)50-18-16-24-54(42-50)68(52-21-9-6-10-22-52)56-38-40-60-58-26-12-14-28-62(58)66(3,4)64(60)44-56;1-3-7-11(8-4-1)12-9-5-2-6-10-12;;/h5-44H,1-4H3;1-7,9H;1H4;/q;-2;;. The Morgan fingerprint density at radius 1 is 0.256 bits per heavy atom. The maximum absolute atomic E-state index is 3.15. The fourth-order valence-electron chi connectivity index (χ4n) is 12.2. The normalized spacial score (nSPS) is 12.6. The van der Waals surface area contributed by atoms with Crippen molar-refractivity contribution in [2.75, 3.05) is 9.80 Å². The smallest absolute Gasteiger partial charge is 0.0467 e. The molecule has 0 aliphatic heterocycles. The van der Waals surface area contributed by atoms with Crippen molar-refractivity contribution in [3.8, 4) is 66.8 Å². The molecule has 0 bridgehead atoms. The van der Waals surface area contributed by atoms with Crippen molar-refractivity contribution in [3.05, 3.63) is 326 Å². The minimum Gasteiger partial charge on any atom is -0.310 e. The maximum Gasteiger partial charge on any atom is 0.0467 e. The van der Waals surface area contributed by atoms with Crippen LogP contribution in [0.25, 0.3) is 66.8 Å². The van der Waals surface area contributed by atoms with Gasteiger partial charge in [0.2, 0.25) is 0 Å². The molecule has 2 aliphatic carbocycles. The van der Waals surface area contributed by atoms with Crippen molar-refractivity contribution in [3.63, 3.8) is 0 Å². The molecule has 1 radical (unpaired) electrons. The van der Waals surface area contributed by atoms with E-state index in [0.29, 0.717) is 0 Å². The molecule has 0 unspecified atom stereocenters. The van der Waals surface area contributed by atoms with Gasteiger partial charge in [0.15, 0.2) is 0 Å². The minimum atomic E-state index is -0.0839. The summed E-state index contributed by atoms with van der Waals surface area (Å²) in [7, 11) is 0. The molecular weight excluding hydrogens is 1170 g/mol. The molecule has 0 fully saturated rings. The van der Waals surface area contributed by atoms with Crippen molar-refractivity contribution in [1.29, 1.82) is 0 Å². The van der Waals surface area contributed by atoms with Crippen molar-refractivity contribution >= 4 is 34.1 Å². The van der Waals surface area contributed by atoms with E-state index >= 15 is 0 Å². The van der Waals surface area contributed by atoms with E-state index in [0.717, 1.165) is 45.3 Å². The van der Waals surface area contributed by atoms with Crippen molar-refractivity contribution < 1.29 is 20.1 Å². The Labute approximate surface area is 499 Å². The van der Waals surface area contributed by atoms with Crippen LogP contribution in [-0.4, -0.2) is 0 Å². The van der Waals surface area contributed by atoms with Gasteiger partial charge in [-0.1, -0.05) is 205 Å². The van der Waals surface area contributed by atoms with Crippen LogP contribution in [0.15, 0.2) is 291 Å². The van der Waals surface area contributed by atoms with E-state index in [1.54, 1.807) is 0 Å². The van der Waals surface area contributed by atoms with Crippen molar-refractivity contribution in [2.24, 2.45) is 0 Å². The van der Waals surface area contributed by atoms with E-state index in [4.69, 9.17) is 0 Å². The number of nitrogens with zero attached hydrogens (tertiary/aromatic N) is 2. The van der Waals surface area contributed by atoms with E-state index < -0.39 is 0 Å². The molecule has 2 nitrogen and oxygen atoms in total. The van der Waals surface area contributed by atoms with Gasteiger partial charge in [0, 0.05) is 65.1 Å². The number of para-hydroxylation sites is 2. The molecule has 2 aliphatic rings. The Bertz CT molecular complexity index is 3880. The third-order valence-electron chi connectivity index (χ3n) is 16.4. The third-order valence-corrected chi connectivity index (χ3v) is 16.4. The molecule has 0 amide bonds. The van der Waals surface area contributed by atoms with Gasteiger partial charge in [-0.3, -0.25) is 0 Å². The average Bonchev–Trinajstić information content (AvgIpc) is 3.15. The van der Waals surface area contributed by atoms with Gasteiger partial charge in [-0.2, -0.15) is 48.5 Å². The first-order chi connectivity index (χ1) is 39.2. The first-order valence-electron chi connectivity index (χ1n) is 27.7. The van der Waals surface area contributed by atoms with Crippen LogP contribution >= 0.6 is 0 Å². The third kappa shape index (κ3) is 10.4. The van der Waals surface area contributed by atoms with E-state index in [9.17, 15) is 0 Å². The molecule has 0 saturated heterocycles. The molecule has 0 N–H and O–H groups in total. The Morgan fingerprint density at radius 3 is 0.951 bits per heavy atom. The average molecular weight is 1230 g/mol. The quantitative estimate of drug-likeness (QED) is 0.126. The largest absolute Gasteiger partial charge is 0.310 e. The van der Waals surface area contributed by atoms with Gasteiger partial charge >= 0.3 is 0 Å². The molecular formula is C79H64IrN2-2. The summed E-state index contributed by atoms with van der Waals surface area (Å²) < 4.78 is 0. The molecule has 0 heterocycles. The SMILES string of the molecule is C.CC1(C)c2ccccc2-c2ccc(N(c3ccccc3)c3cccc(-c4ccc(-c5ccc(-c6cccc(N(c7ccccc7)c7ccc8c(c7)C(C)(C)c7ccccc7-8)c6)cc5)cc4)c3)cc21.[Ir].[c-]1ccccc1-c1[c-]cccc1. The number of hydrogen-bond acceptors (Lipinski definition) is 2. The molecule has 0 spiro atoms. The van der Waals surface area contributed by atoms with Crippen LogP contribution in [0, 0.1) is 12.1 Å². The summed E-state index contributed by atoms with van der Waals surface area (Å²) >= 11 is 0. The summed E-state index contributed by atoms with van der Waals surface area (Å²) in [5.41, 5.74) is 26.8. The summed E-state index contributed by atoms with van der Waals surface area (Å²) in [6.07, 6.45) is 0. The van der Waals surface area contributed by atoms with Crippen molar-refractivity contribution in [1.82, 2.24) is 0 Å². The fraction of sp³-hybridized carbons (Fsp3) is 0.0886. The summed E-state index contributed by atoms with van der Waals surface area (Å²) in [6, 6.07) is 111. The number of hydrogen-bond donors (Lipinski definition) is 0. The molecule has 82 heavy (non-hydrogen) atoms. The van der Waals surface area contributed by atoms with Gasteiger partial charge in [0.1, 0.15) is 0 Å². The maximum atomic E-state index is 3.15. The van der Waals surface area contributed by atoms with E-state index in [1.165, 1.54) is 77.9 Å². The van der Waals surface area contributed by atoms with Crippen LogP contribution in [0.5, 0.6) is 0 Å². The summed E-state index contributed by atoms with van der Waals surface area (Å²) in [5.74, 6) is 0. The molecule has 0 saturated carbocycles. The first-order valence-corrected chi connectivity index (χ1v) is 27.7. The second-order valence-corrected chi connectivity index (χ2v) is 22.0. The predicted octanol–water partition coefficient (Wildman–Crippen LogP) is 21.8. The molecule has 401 valence electrons. The van der Waals surface area contributed by atoms with Gasteiger partial charge < -0.3 is 9.80 Å². The van der Waals surface area contributed by atoms with Crippen LogP contribution in [0.3, 0.4) is 0 Å². The van der Waals surface area contributed by atoms with Gasteiger partial charge in [0.25, 0.3) is 0 Å². The number of anilines is 6. The Kier molecular flexibility index (Phi) is 15.5. The molecule has 12 aromatic rings.